The highest BCUT2D eigenvalue weighted by Crippen LogP contribution is 2.20. The highest BCUT2D eigenvalue weighted by atomic mass is 17.0. The van der Waals surface area contributed by atoms with Crippen LogP contribution in [0.25, 0.3) is 5.70 Å². The van der Waals surface area contributed by atoms with Crippen LogP contribution in [0.15, 0.2) is 36.0 Å². The third kappa shape index (κ3) is 2.44. The number of hydrogen-bond donors (Lipinski definition) is 1. The maximum Gasteiger partial charge on any atom is 0.361 e. The zero-order valence-corrected chi connectivity index (χ0v) is 9.96. The number of hydrogen-bond acceptors (Lipinski definition) is 6. The molecule has 2 rings (SSSR count). The summed E-state index contributed by atoms with van der Waals surface area (Å²) in [5.74, 6) is -0.613. The normalized spacial score (nSPS) is 16.4. The predicted octanol–water partition coefficient (Wildman–Crippen LogP) is 0.666. The molecule has 1 heterocycles. The Balaban J connectivity index is 2.40. The number of methoxy groups -OCH3 is 1. The molecule has 0 saturated carbocycles. The number of nitrogens with zero attached hydrogens (tertiary/aromatic N) is 1. The van der Waals surface area contributed by atoms with Gasteiger partial charge < -0.3 is 10.5 Å². The average molecular weight is 250 g/mol. The Morgan fingerprint density at radius 3 is 2.44 bits per heavy atom. The van der Waals surface area contributed by atoms with Gasteiger partial charge in [-0.25, -0.2) is 14.5 Å². The third-order valence-corrected chi connectivity index (χ3v) is 2.40. The molecule has 6 nitrogen and oxygen atoms in total. The van der Waals surface area contributed by atoms with E-state index in [1.54, 1.807) is 12.1 Å². The number of benzene rings is 1. The predicted molar refractivity (Wildman–Crippen MR) is 63.3 cm³/mol. The van der Waals surface area contributed by atoms with E-state index in [1.165, 1.54) is 7.11 Å². The van der Waals surface area contributed by atoms with Crippen LogP contribution in [0.4, 0.5) is 0 Å². The highest BCUT2D eigenvalue weighted by Gasteiger charge is 2.28. The van der Waals surface area contributed by atoms with Crippen LogP contribution in [0.2, 0.25) is 0 Å². The maximum atomic E-state index is 11.8. The molecule has 1 fully saturated rings. The van der Waals surface area contributed by atoms with Crippen molar-refractivity contribution >= 4 is 11.7 Å². The second-order valence-electron chi connectivity index (χ2n) is 3.54. The molecule has 0 spiro atoms. The fraction of sp³-hybridized carbons (Fsp3) is 0.250. The van der Waals surface area contributed by atoms with Crippen LogP contribution >= 0.6 is 0 Å². The molecular formula is C12H14N2O4. The van der Waals surface area contributed by atoms with Gasteiger partial charge in [0.05, 0.1) is 12.8 Å². The molecule has 0 bridgehead atoms. The average Bonchev–Trinajstić information content (AvgIpc) is 2.93. The molecule has 0 unspecified atom stereocenters. The number of rotatable bonds is 3. The Hall–Kier alpha value is -2.05. The van der Waals surface area contributed by atoms with Crippen LogP contribution < -0.4 is 5.73 Å². The summed E-state index contributed by atoms with van der Waals surface area (Å²) < 4.78 is 4.69. The molecule has 0 atom stereocenters. The van der Waals surface area contributed by atoms with Crippen molar-refractivity contribution in [1.82, 2.24) is 5.23 Å². The lowest BCUT2D eigenvalue weighted by Gasteiger charge is -2.18. The molecule has 0 amide bonds. The summed E-state index contributed by atoms with van der Waals surface area (Å²) in [5, 5.41) is 1.01. The van der Waals surface area contributed by atoms with E-state index < -0.39 is 5.97 Å². The molecule has 96 valence electrons. The van der Waals surface area contributed by atoms with E-state index in [2.05, 4.69) is 4.74 Å². The smallest absolute Gasteiger partial charge is 0.361 e. The van der Waals surface area contributed by atoms with Crippen molar-refractivity contribution in [3.63, 3.8) is 0 Å². The van der Waals surface area contributed by atoms with E-state index in [1.807, 2.05) is 18.2 Å². The van der Waals surface area contributed by atoms with Gasteiger partial charge in [0, 0.05) is 0 Å². The summed E-state index contributed by atoms with van der Waals surface area (Å²) in [6, 6.07) is 9.08. The Labute approximate surface area is 104 Å². The van der Waals surface area contributed by atoms with Gasteiger partial charge in [-0.2, -0.15) is 0 Å². The van der Waals surface area contributed by atoms with E-state index in [9.17, 15) is 4.79 Å². The van der Waals surface area contributed by atoms with Crippen molar-refractivity contribution in [3.8, 4) is 0 Å². The minimum Gasteiger partial charge on any atom is -0.464 e. The van der Waals surface area contributed by atoms with Crippen molar-refractivity contribution in [1.29, 1.82) is 0 Å². The Morgan fingerprint density at radius 2 is 1.89 bits per heavy atom. The SMILES string of the molecule is COC(=O)/C(=C(\N)c1ccccc1)N1OCCO1. The van der Waals surface area contributed by atoms with Crippen LogP contribution in [0.5, 0.6) is 0 Å². The van der Waals surface area contributed by atoms with Crippen LogP contribution in [-0.2, 0) is 19.2 Å². The Morgan fingerprint density at radius 1 is 1.28 bits per heavy atom. The molecule has 2 N–H and O–H groups in total. The van der Waals surface area contributed by atoms with Crippen molar-refractivity contribution in [2.45, 2.75) is 0 Å². The molecular weight excluding hydrogens is 236 g/mol. The van der Waals surface area contributed by atoms with Crippen LogP contribution in [-0.4, -0.2) is 31.5 Å². The van der Waals surface area contributed by atoms with Gasteiger partial charge in [0.2, 0.25) is 5.70 Å². The zero-order chi connectivity index (χ0) is 13.0. The summed E-state index contributed by atoms with van der Waals surface area (Å²) in [5.41, 5.74) is 6.95. The van der Waals surface area contributed by atoms with Gasteiger partial charge in [-0.05, 0) is 5.56 Å². The molecule has 18 heavy (non-hydrogen) atoms. The van der Waals surface area contributed by atoms with Crippen molar-refractivity contribution < 1.29 is 19.2 Å². The molecule has 6 heteroatoms. The van der Waals surface area contributed by atoms with Crippen molar-refractivity contribution in [2.75, 3.05) is 20.3 Å². The highest BCUT2D eigenvalue weighted by molar-refractivity contribution is 5.95. The Bertz CT molecular complexity index is 452. The number of carbonyl (C=O) groups is 1. The van der Waals surface area contributed by atoms with Crippen molar-refractivity contribution in [3.05, 3.63) is 41.6 Å². The number of nitrogens with two attached hydrogens (primary N) is 1. The monoisotopic (exact) mass is 250 g/mol. The first-order valence-electron chi connectivity index (χ1n) is 5.43. The molecule has 1 aliphatic rings. The molecule has 0 aliphatic carbocycles. The second kappa shape index (κ2) is 5.52. The Kier molecular flexibility index (Phi) is 3.81. The van der Waals surface area contributed by atoms with Gasteiger partial charge in [-0.1, -0.05) is 30.3 Å². The fourth-order valence-electron chi connectivity index (χ4n) is 1.54. The lowest BCUT2D eigenvalue weighted by Crippen LogP contribution is -2.27. The summed E-state index contributed by atoms with van der Waals surface area (Å²) in [6.45, 7) is 0.727. The van der Waals surface area contributed by atoms with E-state index in [-0.39, 0.29) is 11.4 Å². The minimum atomic E-state index is -0.613. The van der Waals surface area contributed by atoms with Gasteiger partial charge >= 0.3 is 5.97 Å². The van der Waals surface area contributed by atoms with E-state index in [0.29, 0.717) is 18.8 Å². The van der Waals surface area contributed by atoms with E-state index in [4.69, 9.17) is 15.4 Å². The van der Waals surface area contributed by atoms with Crippen LogP contribution in [0.3, 0.4) is 0 Å². The van der Waals surface area contributed by atoms with Gasteiger partial charge in [-0.3, -0.25) is 0 Å². The van der Waals surface area contributed by atoms with Gasteiger partial charge in [0.25, 0.3) is 0 Å². The molecule has 0 radical (unpaired) electrons. The molecule has 1 aromatic rings. The quantitative estimate of drug-likeness (QED) is 0.627. The van der Waals surface area contributed by atoms with E-state index in [0.717, 1.165) is 5.23 Å². The summed E-state index contributed by atoms with van der Waals surface area (Å²) in [6.07, 6.45) is 0. The first kappa shape index (κ1) is 12.4. The van der Waals surface area contributed by atoms with Gasteiger partial charge in [0.1, 0.15) is 13.2 Å². The minimum absolute atomic E-state index is 0.0428. The van der Waals surface area contributed by atoms with Crippen molar-refractivity contribution in [2.24, 2.45) is 5.73 Å². The zero-order valence-electron chi connectivity index (χ0n) is 9.96. The van der Waals surface area contributed by atoms with E-state index >= 15 is 0 Å². The van der Waals surface area contributed by atoms with Crippen LogP contribution in [0, 0.1) is 0 Å². The summed E-state index contributed by atoms with van der Waals surface area (Å²) >= 11 is 0. The number of carbonyl (C=O) groups excluding carboxylic acids is 1. The molecule has 1 saturated heterocycles. The maximum absolute atomic E-state index is 11.8. The third-order valence-electron chi connectivity index (χ3n) is 2.40. The summed E-state index contributed by atoms with van der Waals surface area (Å²) in [4.78, 5) is 22.1. The molecule has 0 aromatic heterocycles. The topological polar surface area (TPSA) is 74.0 Å². The fourth-order valence-corrected chi connectivity index (χ4v) is 1.54. The lowest BCUT2D eigenvalue weighted by molar-refractivity contribution is -0.271. The number of hydroxylamine groups is 2. The first-order valence-corrected chi connectivity index (χ1v) is 5.43. The standard InChI is InChI=1S/C12H14N2O4/c1-16-12(15)11(14-17-7-8-18-14)10(13)9-5-3-2-4-6-9/h2-6H,7-8,13H2,1H3/b11-10+. The summed E-state index contributed by atoms with van der Waals surface area (Å²) in [7, 11) is 1.27. The largest absolute Gasteiger partial charge is 0.464 e. The van der Waals surface area contributed by atoms with Gasteiger partial charge in [0.15, 0.2) is 0 Å². The second-order valence-corrected chi connectivity index (χ2v) is 3.54. The lowest BCUT2D eigenvalue weighted by atomic mass is 10.1. The first-order chi connectivity index (χ1) is 8.74. The number of esters is 1. The van der Waals surface area contributed by atoms with Crippen LogP contribution in [0.1, 0.15) is 5.56 Å². The number of ether oxygens (including phenoxy) is 1. The molecule has 1 aliphatic heterocycles. The van der Waals surface area contributed by atoms with Gasteiger partial charge in [-0.15, -0.1) is 5.23 Å². The molecule has 1 aromatic carbocycles.